The summed E-state index contributed by atoms with van der Waals surface area (Å²) < 4.78 is 25.3. The van der Waals surface area contributed by atoms with Gasteiger partial charge in [-0.1, -0.05) is 18.2 Å². The smallest absolute Gasteiger partial charge is 0.233 e. The van der Waals surface area contributed by atoms with Crippen molar-refractivity contribution in [2.45, 2.75) is 6.92 Å². The average Bonchev–Trinajstić information content (AvgIpc) is 2.48. The van der Waals surface area contributed by atoms with Crippen LogP contribution in [0.2, 0.25) is 0 Å². The van der Waals surface area contributed by atoms with Crippen molar-refractivity contribution in [2.75, 3.05) is 22.4 Å². The minimum absolute atomic E-state index is 0.0281. The topological polar surface area (TPSA) is 62.3 Å². The molecular weight excluding hydrogens is 274 g/mol. The lowest BCUT2D eigenvalue weighted by Crippen LogP contribution is -2.16. The zero-order valence-electron chi connectivity index (χ0n) is 11.4. The van der Waals surface area contributed by atoms with E-state index in [9.17, 15) is 8.42 Å². The first-order valence-electron chi connectivity index (χ1n) is 6.27. The zero-order chi connectivity index (χ0) is 14.6. The van der Waals surface area contributed by atoms with E-state index in [1.165, 1.54) is 0 Å². The van der Waals surface area contributed by atoms with E-state index >= 15 is 0 Å². The Morgan fingerprint density at radius 2 is 1.80 bits per heavy atom. The van der Waals surface area contributed by atoms with Gasteiger partial charge in [0.1, 0.15) is 5.82 Å². The van der Waals surface area contributed by atoms with E-state index in [0.29, 0.717) is 5.82 Å². The highest BCUT2D eigenvalue weighted by Crippen LogP contribution is 2.23. The van der Waals surface area contributed by atoms with Crippen molar-refractivity contribution in [1.82, 2.24) is 4.98 Å². The summed E-state index contributed by atoms with van der Waals surface area (Å²) in [4.78, 5) is 6.10. The largest absolute Gasteiger partial charge is 0.343 e. The lowest BCUT2D eigenvalue weighted by atomic mass is 10.3. The van der Waals surface area contributed by atoms with E-state index < -0.39 is 10.0 Å². The van der Waals surface area contributed by atoms with Gasteiger partial charge in [-0.15, -0.1) is 0 Å². The third kappa shape index (κ3) is 3.48. The van der Waals surface area contributed by atoms with Crippen LogP contribution in [-0.4, -0.2) is 26.2 Å². The summed E-state index contributed by atoms with van der Waals surface area (Å²) in [5, 5.41) is 0. The van der Waals surface area contributed by atoms with Crippen molar-refractivity contribution in [3.63, 3.8) is 0 Å². The number of nitrogens with one attached hydrogen (secondary N) is 1. The summed E-state index contributed by atoms with van der Waals surface area (Å²) in [5.41, 5.74) is 1.92. The third-order valence-electron chi connectivity index (χ3n) is 2.92. The van der Waals surface area contributed by atoms with Gasteiger partial charge >= 0.3 is 0 Å². The highest BCUT2D eigenvalue weighted by atomic mass is 32.2. The maximum absolute atomic E-state index is 11.4. The van der Waals surface area contributed by atoms with E-state index in [1.807, 2.05) is 48.3 Å². The Morgan fingerprint density at radius 3 is 2.35 bits per heavy atom. The average molecular weight is 291 g/mol. The van der Waals surface area contributed by atoms with Crippen molar-refractivity contribution in [2.24, 2.45) is 0 Å². The first-order valence-corrected chi connectivity index (χ1v) is 7.92. The number of pyridine rings is 1. The van der Waals surface area contributed by atoms with Gasteiger partial charge in [-0.3, -0.25) is 4.72 Å². The molecule has 0 atom stereocenters. The minimum Gasteiger partial charge on any atom is -0.343 e. The monoisotopic (exact) mass is 291 g/mol. The lowest BCUT2D eigenvalue weighted by Gasteiger charge is -2.19. The van der Waals surface area contributed by atoms with Crippen LogP contribution in [0.15, 0.2) is 48.7 Å². The Balaban J connectivity index is 2.16. The maximum Gasteiger partial charge on any atom is 0.233 e. The molecule has 0 aliphatic heterocycles. The molecule has 0 spiro atoms. The molecule has 20 heavy (non-hydrogen) atoms. The molecule has 6 heteroatoms. The van der Waals surface area contributed by atoms with Gasteiger partial charge in [-0.2, -0.15) is 0 Å². The summed E-state index contributed by atoms with van der Waals surface area (Å²) in [6.45, 7) is 1.58. The van der Waals surface area contributed by atoms with Crippen molar-refractivity contribution in [3.05, 3.63) is 48.7 Å². The number of aromatic nitrogens is 1. The molecule has 0 amide bonds. The Bertz CT molecular complexity index is 655. The van der Waals surface area contributed by atoms with Crippen molar-refractivity contribution in [1.29, 1.82) is 0 Å². The molecule has 0 aliphatic carbocycles. The van der Waals surface area contributed by atoms with E-state index in [-0.39, 0.29) is 5.75 Å². The van der Waals surface area contributed by atoms with Crippen LogP contribution in [0, 0.1) is 0 Å². The molecule has 1 N–H and O–H groups in total. The number of para-hydroxylation sites is 1. The fraction of sp³-hybridized carbons (Fsp3) is 0.214. The van der Waals surface area contributed by atoms with Crippen molar-refractivity contribution < 1.29 is 8.42 Å². The van der Waals surface area contributed by atoms with Gasteiger partial charge in [0.15, 0.2) is 0 Å². The predicted octanol–water partition coefficient (Wildman–Crippen LogP) is 2.61. The van der Waals surface area contributed by atoms with Gasteiger partial charge in [0.25, 0.3) is 0 Å². The zero-order valence-corrected chi connectivity index (χ0v) is 12.3. The second-order valence-electron chi connectivity index (χ2n) is 4.30. The van der Waals surface area contributed by atoms with E-state index in [1.54, 1.807) is 19.2 Å². The molecular formula is C14H17N3O2S. The molecule has 0 radical (unpaired) electrons. The quantitative estimate of drug-likeness (QED) is 0.920. The summed E-state index contributed by atoms with van der Waals surface area (Å²) in [6, 6.07) is 13.3. The number of benzene rings is 1. The van der Waals surface area contributed by atoms with Gasteiger partial charge in [-0.25, -0.2) is 13.4 Å². The Labute approximate surface area is 119 Å². The normalized spacial score (nSPS) is 11.1. The Hall–Kier alpha value is -2.08. The maximum atomic E-state index is 11.4. The second-order valence-corrected chi connectivity index (χ2v) is 6.31. The van der Waals surface area contributed by atoms with Gasteiger partial charge in [-0.05, 0) is 31.2 Å². The van der Waals surface area contributed by atoms with Crippen molar-refractivity contribution in [3.8, 4) is 0 Å². The summed E-state index contributed by atoms with van der Waals surface area (Å²) in [7, 11) is -1.35. The second kappa shape index (κ2) is 5.92. The molecule has 0 fully saturated rings. The molecule has 0 saturated carbocycles. The first kappa shape index (κ1) is 14.3. The molecule has 5 nitrogen and oxygen atoms in total. The molecule has 0 saturated heterocycles. The molecule has 1 heterocycles. The van der Waals surface area contributed by atoms with Crippen LogP contribution in [0.25, 0.3) is 0 Å². The Morgan fingerprint density at radius 1 is 1.10 bits per heavy atom. The molecule has 1 aromatic heterocycles. The third-order valence-corrected chi connectivity index (χ3v) is 4.20. The highest BCUT2D eigenvalue weighted by Gasteiger charge is 2.08. The standard InChI is InChI=1S/C14H17N3O2S/c1-3-20(18,19)16-14-10-9-13(11-15-14)17(2)12-7-5-4-6-8-12/h4-11H,3H2,1-2H3,(H,15,16). The predicted molar refractivity (Wildman–Crippen MR) is 81.8 cm³/mol. The fourth-order valence-electron chi connectivity index (χ4n) is 1.68. The number of rotatable bonds is 5. The number of sulfonamides is 1. The lowest BCUT2D eigenvalue weighted by molar-refractivity contribution is 0.602. The van der Waals surface area contributed by atoms with Gasteiger partial charge < -0.3 is 4.90 Å². The first-order chi connectivity index (χ1) is 9.52. The van der Waals surface area contributed by atoms with Gasteiger partial charge in [0.2, 0.25) is 10.0 Å². The molecule has 0 unspecified atom stereocenters. The minimum atomic E-state index is -3.28. The van der Waals surface area contributed by atoms with Crippen LogP contribution < -0.4 is 9.62 Å². The van der Waals surface area contributed by atoms with E-state index in [0.717, 1.165) is 11.4 Å². The fourth-order valence-corrected chi connectivity index (χ4v) is 2.26. The van der Waals surface area contributed by atoms with Crippen LogP contribution in [-0.2, 0) is 10.0 Å². The van der Waals surface area contributed by atoms with E-state index in [2.05, 4.69) is 9.71 Å². The highest BCUT2D eigenvalue weighted by molar-refractivity contribution is 7.92. The number of hydrogen-bond acceptors (Lipinski definition) is 4. The Kier molecular flexibility index (Phi) is 4.24. The molecule has 1 aromatic carbocycles. The summed E-state index contributed by atoms with van der Waals surface area (Å²) in [6.07, 6.45) is 1.64. The van der Waals surface area contributed by atoms with Crippen LogP contribution in [0.3, 0.4) is 0 Å². The summed E-state index contributed by atoms with van der Waals surface area (Å²) in [5.74, 6) is 0.359. The van der Waals surface area contributed by atoms with E-state index in [4.69, 9.17) is 0 Å². The van der Waals surface area contributed by atoms with Crippen LogP contribution in [0.4, 0.5) is 17.2 Å². The number of nitrogens with zero attached hydrogens (tertiary/aromatic N) is 2. The molecule has 2 rings (SSSR count). The van der Waals surface area contributed by atoms with Crippen LogP contribution >= 0.6 is 0 Å². The number of anilines is 3. The van der Waals surface area contributed by atoms with Gasteiger partial charge in [0.05, 0.1) is 17.6 Å². The SMILES string of the molecule is CCS(=O)(=O)Nc1ccc(N(C)c2ccccc2)cn1. The van der Waals surface area contributed by atoms with Gasteiger partial charge in [0, 0.05) is 12.7 Å². The molecule has 0 aliphatic rings. The van der Waals surface area contributed by atoms with Crippen molar-refractivity contribution >= 4 is 27.2 Å². The molecule has 106 valence electrons. The molecule has 0 bridgehead atoms. The van der Waals surface area contributed by atoms with Crippen LogP contribution in [0.5, 0.6) is 0 Å². The van der Waals surface area contributed by atoms with Crippen LogP contribution in [0.1, 0.15) is 6.92 Å². The number of hydrogen-bond donors (Lipinski definition) is 1. The summed E-state index contributed by atoms with van der Waals surface area (Å²) >= 11 is 0. The molecule has 2 aromatic rings.